The second-order valence-corrected chi connectivity index (χ2v) is 4.35. The standard InChI is InChI=1S/C14H24N2O/c1-3-8-16-14(5-4-11-17-2)12-13-6-9-15-10-7-13/h6-7,9-10,14,16H,3-5,8,11-12H2,1-2H3. The Morgan fingerprint density at radius 2 is 2.12 bits per heavy atom. The lowest BCUT2D eigenvalue weighted by atomic mass is 10.0. The average Bonchev–Trinajstić information content (AvgIpc) is 2.37. The van der Waals surface area contributed by atoms with Crippen molar-refractivity contribution in [1.29, 1.82) is 0 Å². The van der Waals surface area contributed by atoms with E-state index in [1.165, 1.54) is 12.0 Å². The zero-order valence-electron chi connectivity index (χ0n) is 11.0. The lowest BCUT2D eigenvalue weighted by Crippen LogP contribution is -2.32. The van der Waals surface area contributed by atoms with Gasteiger partial charge in [0.15, 0.2) is 0 Å². The lowest BCUT2D eigenvalue weighted by Gasteiger charge is -2.18. The topological polar surface area (TPSA) is 34.1 Å². The van der Waals surface area contributed by atoms with Gasteiger partial charge in [0, 0.05) is 32.2 Å². The number of rotatable bonds is 9. The van der Waals surface area contributed by atoms with Crippen LogP contribution in [-0.4, -0.2) is 31.3 Å². The maximum Gasteiger partial charge on any atom is 0.0462 e. The summed E-state index contributed by atoms with van der Waals surface area (Å²) in [6.07, 6.45) is 8.26. The van der Waals surface area contributed by atoms with Gasteiger partial charge < -0.3 is 10.1 Å². The van der Waals surface area contributed by atoms with Gasteiger partial charge in [0.25, 0.3) is 0 Å². The van der Waals surface area contributed by atoms with E-state index in [4.69, 9.17) is 4.74 Å². The molecule has 0 saturated heterocycles. The molecule has 1 aromatic heterocycles. The number of ether oxygens (including phenoxy) is 1. The largest absolute Gasteiger partial charge is 0.385 e. The van der Waals surface area contributed by atoms with Gasteiger partial charge in [-0.05, 0) is 49.9 Å². The van der Waals surface area contributed by atoms with Gasteiger partial charge in [0.2, 0.25) is 0 Å². The minimum absolute atomic E-state index is 0.549. The maximum absolute atomic E-state index is 5.11. The summed E-state index contributed by atoms with van der Waals surface area (Å²) in [5, 5.41) is 3.60. The highest BCUT2D eigenvalue weighted by molar-refractivity contribution is 5.11. The average molecular weight is 236 g/mol. The van der Waals surface area contributed by atoms with Crippen molar-refractivity contribution in [2.24, 2.45) is 0 Å². The second kappa shape index (κ2) is 9.14. The fourth-order valence-electron chi connectivity index (χ4n) is 1.90. The molecule has 17 heavy (non-hydrogen) atoms. The van der Waals surface area contributed by atoms with Crippen LogP contribution in [0, 0.1) is 0 Å². The summed E-state index contributed by atoms with van der Waals surface area (Å²) in [6, 6.07) is 4.74. The van der Waals surface area contributed by atoms with Gasteiger partial charge in [0.1, 0.15) is 0 Å². The van der Waals surface area contributed by atoms with Crippen molar-refractivity contribution in [3.8, 4) is 0 Å². The molecule has 1 heterocycles. The molecule has 0 aliphatic rings. The molecule has 0 fully saturated rings. The lowest BCUT2D eigenvalue weighted by molar-refractivity contribution is 0.188. The number of pyridine rings is 1. The van der Waals surface area contributed by atoms with E-state index in [1.54, 1.807) is 7.11 Å². The minimum atomic E-state index is 0.549. The molecule has 1 atom stereocenters. The summed E-state index contributed by atoms with van der Waals surface area (Å²) in [6.45, 7) is 4.13. The van der Waals surface area contributed by atoms with Gasteiger partial charge in [-0.2, -0.15) is 0 Å². The van der Waals surface area contributed by atoms with Crippen LogP contribution >= 0.6 is 0 Å². The highest BCUT2D eigenvalue weighted by Crippen LogP contribution is 2.07. The molecule has 0 spiro atoms. The van der Waals surface area contributed by atoms with Gasteiger partial charge in [0.05, 0.1) is 0 Å². The van der Waals surface area contributed by atoms with Crippen LogP contribution in [0.15, 0.2) is 24.5 Å². The monoisotopic (exact) mass is 236 g/mol. The van der Waals surface area contributed by atoms with Crippen LogP contribution in [0.4, 0.5) is 0 Å². The molecule has 1 rings (SSSR count). The molecule has 1 aromatic rings. The predicted molar refractivity (Wildman–Crippen MR) is 71.1 cm³/mol. The Morgan fingerprint density at radius 3 is 2.76 bits per heavy atom. The first-order valence-electron chi connectivity index (χ1n) is 6.48. The summed E-state index contributed by atoms with van der Waals surface area (Å²) in [5.41, 5.74) is 1.35. The normalized spacial score (nSPS) is 12.6. The van der Waals surface area contributed by atoms with Crippen molar-refractivity contribution in [3.05, 3.63) is 30.1 Å². The van der Waals surface area contributed by atoms with Crippen LogP contribution in [0.5, 0.6) is 0 Å². The van der Waals surface area contributed by atoms with Gasteiger partial charge in [-0.3, -0.25) is 4.98 Å². The predicted octanol–water partition coefficient (Wildman–Crippen LogP) is 2.42. The summed E-state index contributed by atoms with van der Waals surface area (Å²) in [4.78, 5) is 4.05. The van der Waals surface area contributed by atoms with Crippen molar-refractivity contribution in [2.75, 3.05) is 20.3 Å². The molecule has 0 aliphatic carbocycles. The van der Waals surface area contributed by atoms with E-state index >= 15 is 0 Å². The van der Waals surface area contributed by atoms with Crippen molar-refractivity contribution >= 4 is 0 Å². The van der Waals surface area contributed by atoms with Crippen LogP contribution in [0.2, 0.25) is 0 Å². The number of nitrogens with one attached hydrogen (secondary N) is 1. The Bertz CT molecular complexity index is 277. The van der Waals surface area contributed by atoms with Crippen LogP contribution in [0.25, 0.3) is 0 Å². The molecule has 3 nitrogen and oxygen atoms in total. The molecule has 0 radical (unpaired) electrons. The SMILES string of the molecule is CCCNC(CCCOC)Cc1ccncc1. The summed E-state index contributed by atoms with van der Waals surface area (Å²) < 4.78 is 5.11. The zero-order chi connectivity index (χ0) is 12.3. The Kier molecular flexibility index (Phi) is 7.60. The fraction of sp³-hybridized carbons (Fsp3) is 0.643. The molecule has 1 N–H and O–H groups in total. The first-order valence-corrected chi connectivity index (χ1v) is 6.48. The van der Waals surface area contributed by atoms with Crippen molar-refractivity contribution < 1.29 is 4.74 Å². The minimum Gasteiger partial charge on any atom is -0.385 e. The van der Waals surface area contributed by atoms with Crippen molar-refractivity contribution in [3.63, 3.8) is 0 Å². The third-order valence-electron chi connectivity index (χ3n) is 2.82. The zero-order valence-corrected chi connectivity index (χ0v) is 11.0. The van der Waals surface area contributed by atoms with Gasteiger partial charge >= 0.3 is 0 Å². The van der Waals surface area contributed by atoms with Gasteiger partial charge in [-0.1, -0.05) is 6.92 Å². The van der Waals surface area contributed by atoms with E-state index in [0.717, 1.165) is 32.4 Å². The Balaban J connectivity index is 2.39. The van der Waals surface area contributed by atoms with Crippen LogP contribution < -0.4 is 5.32 Å². The number of hydrogen-bond donors (Lipinski definition) is 1. The molecule has 0 bridgehead atoms. The first kappa shape index (κ1) is 14.1. The smallest absolute Gasteiger partial charge is 0.0462 e. The summed E-state index contributed by atoms with van der Waals surface area (Å²) in [7, 11) is 1.76. The highest BCUT2D eigenvalue weighted by atomic mass is 16.5. The molecule has 96 valence electrons. The first-order chi connectivity index (χ1) is 8.36. The van der Waals surface area contributed by atoms with Crippen LogP contribution in [0.1, 0.15) is 31.7 Å². The van der Waals surface area contributed by atoms with E-state index in [-0.39, 0.29) is 0 Å². The fourth-order valence-corrected chi connectivity index (χ4v) is 1.90. The molecule has 0 aromatic carbocycles. The molecule has 0 aliphatic heterocycles. The van der Waals surface area contributed by atoms with Crippen molar-refractivity contribution in [2.45, 2.75) is 38.6 Å². The van der Waals surface area contributed by atoms with E-state index in [9.17, 15) is 0 Å². The molecule has 0 amide bonds. The second-order valence-electron chi connectivity index (χ2n) is 4.35. The van der Waals surface area contributed by atoms with E-state index in [2.05, 4.69) is 29.4 Å². The Morgan fingerprint density at radius 1 is 1.35 bits per heavy atom. The molecular formula is C14H24N2O. The number of hydrogen-bond acceptors (Lipinski definition) is 3. The molecular weight excluding hydrogens is 212 g/mol. The summed E-state index contributed by atoms with van der Waals surface area (Å²) >= 11 is 0. The molecule has 0 saturated carbocycles. The summed E-state index contributed by atoms with van der Waals surface area (Å²) in [5.74, 6) is 0. The van der Waals surface area contributed by atoms with Gasteiger partial charge in [-0.15, -0.1) is 0 Å². The number of methoxy groups -OCH3 is 1. The van der Waals surface area contributed by atoms with E-state index in [1.807, 2.05) is 12.4 Å². The Hall–Kier alpha value is -0.930. The molecule has 1 unspecified atom stereocenters. The third kappa shape index (κ3) is 6.39. The van der Waals surface area contributed by atoms with E-state index < -0.39 is 0 Å². The quantitative estimate of drug-likeness (QED) is 0.669. The number of aromatic nitrogens is 1. The maximum atomic E-state index is 5.11. The Labute approximate surface area is 105 Å². The third-order valence-corrected chi connectivity index (χ3v) is 2.82. The van der Waals surface area contributed by atoms with Crippen LogP contribution in [-0.2, 0) is 11.2 Å². The van der Waals surface area contributed by atoms with Crippen LogP contribution in [0.3, 0.4) is 0 Å². The number of nitrogens with zero attached hydrogens (tertiary/aromatic N) is 1. The van der Waals surface area contributed by atoms with Crippen molar-refractivity contribution in [1.82, 2.24) is 10.3 Å². The highest BCUT2D eigenvalue weighted by Gasteiger charge is 2.08. The molecule has 3 heteroatoms. The van der Waals surface area contributed by atoms with Gasteiger partial charge in [-0.25, -0.2) is 0 Å². The van der Waals surface area contributed by atoms with E-state index in [0.29, 0.717) is 6.04 Å².